The van der Waals surface area contributed by atoms with Gasteiger partial charge in [-0.3, -0.25) is 9.27 Å². The molecule has 0 fully saturated rings. The van der Waals surface area contributed by atoms with Gasteiger partial charge in [-0.15, -0.1) is 0 Å². The van der Waals surface area contributed by atoms with E-state index >= 15 is 0 Å². The zero-order valence-electron chi connectivity index (χ0n) is 24.4. The molecule has 4 aromatic rings. The minimum Gasteiger partial charge on any atom is -0.479 e. The van der Waals surface area contributed by atoms with Gasteiger partial charge in [-0.25, -0.2) is 17.8 Å². The number of benzene rings is 3. The van der Waals surface area contributed by atoms with E-state index in [0.717, 1.165) is 11.4 Å². The lowest BCUT2D eigenvalue weighted by molar-refractivity contribution is 0.138. The van der Waals surface area contributed by atoms with Gasteiger partial charge in [0, 0.05) is 29.7 Å². The van der Waals surface area contributed by atoms with Crippen molar-refractivity contribution >= 4 is 67.3 Å². The molecule has 0 saturated carbocycles. The lowest BCUT2D eigenvalue weighted by atomic mass is 10.0. The second-order valence-electron chi connectivity index (χ2n) is 10.5. The third-order valence-corrected chi connectivity index (χ3v) is 8.26. The van der Waals surface area contributed by atoms with Crippen molar-refractivity contribution in [2.75, 3.05) is 32.6 Å². The first-order valence-corrected chi connectivity index (χ1v) is 15.9. The van der Waals surface area contributed by atoms with Crippen LogP contribution in [0.1, 0.15) is 19.4 Å². The third-order valence-electron chi connectivity index (χ3n) is 6.94. The van der Waals surface area contributed by atoms with Crippen LogP contribution in [0, 0.1) is 6.92 Å². The third kappa shape index (κ3) is 6.75. The molecule has 1 atom stereocenters. The maximum atomic E-state index is 11.9. The minimum atomic E-state index is -3.92. The SMILES string of the molecule is C=C1N(C)c2cc(Nc3nc(Nc4cccc(NS(=O)O)c4)c(C)c(Nc4cccc(S(N)(=O)=O)c4)n3)ccc2OC1(C)C. The summed E-state index contributed by atoms with van der Waals surface area (Å²) in [6.07, 6.45) is 0. The number of nitrogens with one attached hydrogen (secondary N) is 4. The molecule has 7 N–H and O–H groups in total. The molecule has 2 heterocycles. The molecule has 0 aliphatic carbocycles. The van der Waals surface area contributed by atoms with E-state index in [1.165, 1.54) is 12.1 Å². The largest absolute Gasteiger partial charge is 0.479 e. The quantitative estimate of drug-likeness (QED) is 0.131. The van der Waals surface area contributed by atoms with Crippen LogP contribution < -0.4 is 35.4 Å². The molecule has 5 rings (SSSR count). The van der Waals surface area contributed by atoms with Crippen LogP contribution in [0.2, 0.25) is 0 Å². The van der Waals surface area contributed by atoms with Crippen LogP contribution in [0.4, 0.5) is 46.0 Å². The van der Waals surface area contributed by atoms with Crippen molar-refractivity contribution in [3.63, 3.8) is 0 Å². The van der Waals surface area contributed by atoms with Gasteiger partial charge >= 0.3 is 0 Å². The van der Waals surface area contributed by atoms with Crippen LogP contribution in [0.5, 0.6) is 5.75 Å². The van der Waals surface area contributed by atoms with E-state index in [4.69, 9.17) is 14.9 Å². The topological polar surface area (TPSA) is 184 Å². The first-order valence-electron chi connectivity index (χ1n) is 13.3. The molecule has 13 nitrogen and oxygen atoms in total. The molecule has 0 amide bonds. The number of rotatable bonds is 9. The summed E-state index contributed by atoms with van der Waals surface area (Å²) >= 11 is -2.24. The van der Waals surface area contributed by atoms with Crippen molar-refractivity contribution in [2.45, 2.75) is 31.3 Å². The van der Waals surface area contributed by atoms with Gasteiger partial charge in [-0.05, 0) is 75.4 Å². The molecule has 0 bridgehead atoms. The van der Waals surface area contributed by atoms with Crippen molar-refractivity contribution in [2.24, 2.45) is 5.14 Å². The smallest absolute Gasteiger partial charge is 0.259 e. The van der Waals surface area contributed by atoms with E-state index < -0.39 is 26.9 Å². The number of hydrogen-bond donors (Lipinski definition) is 6. The zero-order chi connectivity index (χ0) is 31.8. The lowest BCUT2D eigenvalue weighted by Gasteiger charge is -2.41. The number of likely N-dealkylation sites (N-methyl/N-ethyl adjacent to an activating group) is 1. The number of sulfonamides is 1. The van der Waals surface area contributed by atoms with Gasteiger partial charge < -0.3 is 25.6 Å². The first kappa shape index (κ1) is 30.7. The van der Waals surface area contributed by atoms with Crippen molar-refractivity contribution in [3.8, 4) is 5.75 Å². The van der Waals surface area contributed by atoms with Crippen LogP contribution in [-0.2, 0) is 21.3 Å². The van der Waals surface area contributed by atoms with Crippen LogP contribution in [0.25, 0.3) is 0 Å². The molecular weight excluding hydrogens is 605 g/mol. The van der Waals surface area contributed by atoms with E-state index in [1.807, 2.05) is 44.0 Å². The predicted molar refractivity (Wildman–Crippen MR) is 174 cm³/mol. The fourth-order valence-corrected chi connectivity index (χ4v) is 5.45. The highest BCUT2D eigenvalue weighted by Crippen LogP contribution is 2.42. The molecule has 3 aromatic carbocycles. The average Bonchev–Trinajstić information content (AvgIpc) is 2.94. The summed E-state index contributed by atoms with van der Waals surface area (Å²) in [4.78, 5) is 11.3. The Hall–Kier alpha value is -4.70. The molecule has 1 aliphatic rings. The molecule has 0 radical (unpaired) electrons. The standard InChI is InChI=1S/C29H32N8O5S2/c1-17-26(31-19-8-6-10-22(14-19)36-43(38)39)34-28(35-27(17)32-20-9-7-11-23(15-20)44(30,40)41)33-21-12-13-25-24(16-21)37(5)18(2)29(3,4)42-25/h6-16,36H,2H2,1,3-5H3,(H,38,39)(H2,30,40,41)(H3,31,32,33,34,35). The Balaban J connectivity index is 1.53. The van der Waals surface area contributed by atoms with Crippen LogP contribution >= 0.6 is 0 Å². The Morgan fingerprint density at radius 1 is 0.932 bits per heavy atom. The summed E-state index contributed by atoms with van der Waals surface area (Å²) in [5.74, 6) is 1.74. The number of aromatic nitrogens is 2. The maximum absolute atomic E-state index is 11.9. The molecule has 230 valence electrons. The number of fused-ring (bicyclic) bond motifs is 1. The number of ether oxygens (including phenoxy) is 1. The molecule has 44 heavy (non-hydrogen) atoms. The predicted octanol–water partition coefficient (Wildman–Crippen LogP) is 5.33. The number of primary sulfonamides is 1. The van der Waals surface area contributed by atoms with Gasteiger partial charge in [-0.1, -0.05) is 18.7 Å². The summed E-state index contributed by atoms with van der Waals surface area (Å²) < 4.78 is 53.0. The van der Waals surface area contributed by atoms with Crippen LogP contribution in [0.3, 0.4) is 0 Å². The highest BCUT2D eigenvalue weighted by molar-refractivity contribution is 7.89. The Kier molecular flexibility index (Phi) is 8.22. The van der Waals surface area contributed by atoms with Crippen molar-refractivity contribution in [3.05, 3.63) is 84.6 Å². The number of hydrogen-bond acceptors (Lipinski definition) is 10. The van der Waals surface area contributed by atoms with Crippen molar-refractivity contribution in [1.29, 1.82) is 0 Å². The van der Waals surface area contributed by atoms with Crippen LogP contribution in [-0.4, -0.2) is 39.8 Å². The van der Waals surface area contributed by atoms with E-state index in [1.54, 1.807) is 43.3 Å². The van der Waals surface area contributed by atoms with Crippen molar-refractivity contribution in [1.82, 2.24) is 9.97 Å². The number of nitrogens with two attached hydrogens (primary N) is 1. The van der Waals surface area contributed by atoms with Crippen LogP contribution in [0.15, 0.2) is 83.9 Å². The van der Waals surface area contributed by atoms with Gasteiger partial charge in [0.05, 0.1) is 22.0 Å². The maximum Gasteiger partial charge on any atom is 0.259 e. The second kappa shape index (κ2) is 11.8. The normalized spacial score (nSPS) is 14.7. The molecular formula is C29H32N8O5S2. The van der Waals surface area contributed by atoms with E-state index in [0.29, 0.717) is 45.7 Å². The monoisotopic (exact) mass is 636 g/mol. The highest BCUT2D eigenvalue weighted by Gasteiger charge is 2.34. The molecule has 1 aliphatic heterocycles. The number of nitrogens with zero attached hydrogens (tertiary/aromatic N) is 3. The summed E-state index contributed by atoms with van der Waals surface area (Å²) in [6, 6.07) is 18.5. The molecule has 1 unspecified atom stereocenters. The van der Waals surface area contributed by atoms with E-state index in [-0.39, 0.29) is 10.8 Å². The fraction of sp³-hybridized carbons (Fsp3) is 0.172. The second-order valence-corrected chi connectivity index (χ2v) is 12.8. The molecule has 0 spiro atoms. The highest BCUT2D eigenvalue weighted by atomic mass is 32.2. The van der Waals surface area contributed by atoms with Gasteiger partial charge in [0.1, 0.15) is 23.0 Å². The van der Waals surface area contributed by atoms with Gasteiger partial charge in [0.25, 0.3) is 11.3 Å². The lowest BCUT2D eigenvalue weighted by Crippen LogP contribution is -2.42. The van der Waals surface area contributed by atoms with E-state index in [9.17, 15) is 17.2 Å². The molecule has 0 saturated heterocycles. The summed E-state index contributed by atoms with van der Waals surface area (Å²) in [7, 11) is -2.00. The molecule has 15 heteroatoms. The summed E-state index contributed by atoms with van der Waals surface area (Å²) in [6.45, 7) is 9.88. The minimum absolute atomic E-state index is 0.0540. The Morgan fingerprint density at radius 2 is 1.52 bits per heavy atom. The average molecular weight is 637 g/mol. The zero-order valence-corrected chi connectivity index (χ0v) is 26.0. The van der Waals surface area contributed by atoms with Gasteiger partial charge in [-0.2, -0.15) is 9.97 Å². The Morgan fingerprint density at radius 3 is 2.16 bits per heavy atom. The molecule has 1 aromatic heterocycles. The van der Waals surface area contributed by atoms with Crippen molar-refractivity contribution < 1.29 is 21.9 Å². The number of anilines is 8. The van der Waals surface area contributed by atoms with E-state index in [2.05, 4.69) is 32.2 Å². The fourth-order valence-electron chi connectivity index (χ4n) is 4.56. The van der Waals surface area contributed by atoms with Gasteiger partial charge in [0.2, 0.25) is 16.0 Å². The Bertz CT molecular complexity index is 1900. The summed E-state index contributed by atoms with van der Waals surface area (Å²) in [5.41, 5.74) is 3.80. The summed E-state index contributed by atoms with van der Waals surface area (Å²) in [5, 5.41) is 15.0. The first-order chi connectivity index (χ1) is 20.7. The Labute approximate surface area is 258 Å². The van der Waals surface area contributed by atoms with Gasteiger partial charge in [0.15, 0.2) is 0 Å².